The molecule has 0 aliphatic heterocycles. The smallest absolute Gasteiger partial charge is 0.327 e. The average molecular weight is 303 g/mol. The number of alkyl halides is 3. The van der Waals surface area contributed by atoms with Crippen LogP contribution in [0.1, 0.15) is 36.8 Å². The Bertz CT molecular complexity index is 484. The van der Waals surface area contributed by atoms with Crippen LogP contribution in [0.4, 0.5) is 17.6 Å². The fraction of sp³-hybridized carbons (Fsp3) is 0.625. The molecule has 5 heteroatoms. The monoisotopic (exact) mass is 303 g/mol. The Balaban J connectivity index is 2.02. The molecule has 3 unspecified atom stereocenters. The highest BCUT2D eigenvalue weighted by Gasteiger charge is 2.43. The van der Waals surface area contributed by atoms with Crippen molar-refractivity contribution in [2.75, 3.05) is 0 Å². The van der Waals surface area contributed by atoms with Crippen LogP contribution in [-0.2, 0) is 6.42 Å². The van der Waals surface area contributed by atoms with E-state index in [2.05, 4.69) is 0 Å². The summed E-state index contributed by atoms with van der Waals surface area (Å²) in [6.45, 7) is 1.86. The molecule has 1 fully saturated rings. The van der Waals surface area contributed by atoms with E-state index >= 15 is 0 Å². The first-order chi connectivity index (χ1) is 9.77. The molecule has 0 radical (unpaired) electrons. The van der Waals surface area contributed by atoms with E-state index in [1.165, 1.54) is 12.1 Å². The normalized spacial score (nSPS) is 24.9. The van der Waals surface area contributed by atoms with E-state index in [1.807, 2.05) is 6.92 Å². The minimum Gasteiger partial charge on any atom is -0.327 e. The molecule has 2 N–H and O–H groups in total. The van der Waals surface area contributed by atoms with Gasteiger partial charge in [-0.25, -0.2) is 4.39 Å². The van der Waals surface area contributed by atoms with Gasteiger partial charge in [0.15, 0.2) is 0 Å². The summed E-state index contributed by atoms with van der Waals surface area (Å²) in [7, 11) is 0. The van der Waals surface area contributed by atoms with Gasteiger partial charge in [0.1, 0.15) is 5.82 Å². The van der Waals surface area contributed by atoms with Crippen molar-refractivity contribution in [2.24, 2.45) is 17.6 Å². The second-order valence-electron chi connectivity index (χ2n) is 6.10. The number of benzene rings is 1. The summed E-state index contributed by atoms with van der Waals surface area (Å²) >= 11 is 0. The second kappa shape index (κ2) is 6.34. The molecule has 3 atom stereocenters. The van der Waals surface area contributed by atoms with Crippen molar-refractivity contribution in [1.82, 2.24) is 0 Å². The highest BCUT2D eigenvalue weighted by atomic mass is 19.4. The van der Waals surface area contributed by atoms with Crippen LogP contribution < -0.4 is 5.73 Å². The van der Waals surface area contributed by atoms with Gasteiger partial charge in [-0.3, -0.25) is 0 Å². The minimum absolute atomic E-state index is 0.0963. The van der Waals surface area contributed by atoms with Gasteiger partial charge in [0.2, 0.25) is 0 Å². The standard InChI is InChI=1S/C16H21F4N/c1-10-5-6-14(17)8-12(10)9-15(21)11-3-2-4-13(7-11)16(18,19)20/h5-6,8,11,13,15H,2-4,7,9,21H2,1H3. The molecule has 1 aromatic rings. The molecule has 1 aliphatic rings. The third-order valence-electron chi connectivity index (χ3n) is 4.55. The number of aryl methyl sites for hydroxylation is 1. The summed E-state index contributed by atoms with van der Waals surface area (Å²) in [6.07, 6.45) is -2.12. The predicted octanol–water partition coefficient (Wildman–Crippen LogP) is 4.37. The van der Waals surface area contributed by atoms with Gasteiger partial charge in [-0.1, -0.05) is 12.5 Å². The molecule has 1 saturated carbocycles. The van der Waals surface area contributed by atoms with Crippen molar-refractivity contribution in [3.8, 4) is 0 Å². The largest absolute Gasteiger partial charge is 0.391 e. The van der Waals surface area contributed by atoms with Crippen molar-refractivity contribution >= 4 is 0 Å². The van der Waals surface area contributed by atoms with E-state index in [4.69, 9.17) is 5.73 Å². The van der Waals surface area contributed by atoms with Crippen molar-refractivity contribution in [3.63, 3.8) is 0 Å². The first-order valence-corrected chi connectivity index (χ1v) is 7.34. The summed E-state index contributed by atoms with van der Waals surface area (Å²) in [6, 6.07) is 4.14. The van der Waals surface area contributed by atoms with Gasteiger partial charge in [-0.2, -0.15) is 13.2 Å². The molecule has 0 bridgehead atoms. The van der Waals surface area contributed by atoms with E-state index in [-0.39, 0.29) is 30.6 Å². The van der Waals surface area contributed by atoms with Crippen LogP contribution in [0.2, 0.25) is 0 Å². The van der Waals surface area contributed by atoms with Crippen LogP contribution in [0.3, 0.4) is 0 Å². The van der Waals surface area contributed by atoms with E-state index in [0.717, 1.165) is 17.5 Å². The molecule has 0 amide bonds. The van der Waals surface area contributed by atoms with Crippen molar-refractivity contribution < 1.29 is 17.6 Å². The summed E-state index contributed by atoms with van der Waals surface area (Å²) in [4.78, 5) is 0. The van der Waals surface area contributed by atoms with Crippen LogP contribution in [0.5, 0.6) is 0 Å². The molecule has 1 aromatic carbocycles. The molecule has 0 aromatic heterocycles. The number of hydrogen-bond donors (Lipinski definition) is 1. The lowest BCUT2D eigenvalue weighted by Crippen LogP contribution is -2.39. The molecule has 21 heavy (non-hydrogen) atoms. The number of halogens is 4. The molecular formula is C16H21F4N. The maximum atomic E-state index is 13.3. The fourth-order valence-electron chi connectivity index (χ4n) is 3.19. The van der Waals surface area contributed by atoms with E-state index in [9.17, 15) is 17.6 Å². The van der Waals surface area contributed by atoms with Crippen LogP contribution in [-0.4, -0.2) is 12.2 Å². The first-order valence-electron chi connectivity index (χ1n) is 7.34. The third-order valence-corrected chi connectivity index (χ3v) is 4.55. The lowest BCUT2D eigenvalue weighted by atomic mass is 9.76. The highest BCUT2D eigenvalue weighted by Crippen LogP contribution is 2.41. The van der Waals surface area contributed by atoms with Gasteiger partial charge in [0, 0.05) is 6.04 Å². The number of nitrogens with two attached hydrogens (primary N) is 1. The zero-order valence-electron chi connectivity index (χ0n) is 12.1. The molecule has 1 nitrogen and oxygen atoms in total. The molecule has 0 spiro atoms. The number of rotatable bonds is 3. The van der Waals surface area contributed by atoms with Gasteiger partial charge in [0.05, 0.1) is 5.92 Å². The first kappa shape index (κ1) is 16.3. The molecule has 2 rings (SSSR count). The Morgan fingerprint density at radius 1 is 1.29 bits per heavy atom. The third kappa shape index (κ3) is 4.19. The Morgan fingerprint density at radius 3 is 2.67 bits per heavy atom. The lowest BCUT2D eigenvalue weighted by Gasteiger charge is -2.34. The Morgan fingerprint density at radius 2 is 2.00 bits per heavy atom. The van der Waals surface area contributed by atoms with Crippen LogP contribution >= 0.6 is 0 Å². The maximum Gasteiger partial charge on any atom is 0.391 e. The number of hydrogen-bond acceptors (Lipinski definition) is 1. The van der Waals surface area contributed by atoms with Gasteiger partial charge in [-0.05, 0) is 61.8 Å². The van der Waals surface area contributed by atoms with Crippen molar-refractivity contribution in [3.05, 3.63) is 35.1 Å². The molecule has 0 heterocycles. The summed E-state index contributed by atoms with van der Waals surface area (Å²) in [5.74, 6) is -1.72. The molecular weight excluding hydrogens is 282 g/mol. The maximum absolute atomic E-state index is 13.3. The zero-order chi connectivity index (χ0) is 15.6. The summed E-state index contributed by atoms with van der Waals surface area (Å²) in [5.41, 5.74) is 7.83. The summed E-state index contributed by atoms with van der Waals surface area (Å²) < 4.78 is 51.8. The molecule has 0 saturated heterocycles. The van der Waals surface area contributed by atoms with Gasteiger partial charge < -0.3 is 5.73 Å². The Labute approximate surface area is 122 Å². The summed E-state index contributed by atoms with van der Waals surface area (Å²) in [5, 5.41) is 0. The van der Waals surface area contributed by atoms with Crippen molar-refractivity contribution in [1.29, 1.82) is 0 Å². The van der Waals surface area contributed by atoms with E-state index in [1.54, 1.807) is 6.07 Å². The molecule has 1 aliphatic carbocycles. The van der Waals surface area contributed by atoms with Gasteiger partial charge in [0.25, 0.3) is 0 Å². The Kier molecular flexibility index (Phi) is 4.91. The van der Waals surface area contributed by atoms with Crippen LogP contribution in [0, 0.1) is 24.6 Å². The van der Waals surface area contributed by atoms with E-state index in [0.29, 0.717) is 12.8 Å². The second-order valence-corrected chi connectivity index (χ2v) is 6.10. The van der Waals surface area contributed by atoms with E-state index < -0.39 is 12.1 Å². The van der Waals surface area contributed by atoms with Crippen LogP contribution in [0.25, 0.3) is 0 Å². The minimum atomic E-state index is -4.13. The topological polar surface area (TPSA) is 26.0 Å². The highest BCUT2D eigenvalue weighted by molar-refractivity contribution is 5.27. The average Bonchev–Trinajstić information content (AvgIpc) is 2.42. The zero-order valence-corrected chi connectivity index (χ0v) is 12.1. The SMILES string of the molecule is Cc1ccc(F)cc1CC(N)C1CCCC(C(F)(F)F)C1. The van der Waals surface area contributed by atoms with Crippen molar-refractivity contribution in [2.45, 2.75) is 51.2 Å². The fourth-order valence-corrected chi connectivity index (χ4v) is 3.19. The van der Waals surface area contributed by atoms with Crippen LogP contribution in [0.15, 0.2) is 18.2 Å². The molecule has 118 valence electrons. The lowest BCUT2D eigenvalue weighted by molar-refractivity contribution is -0.186. The van der Waals surface area contributed by atoms with Gasteiger partial charge in [-0.15, -0.1) is 0 Å². The predicted molar refractivity (Wildman–Crippen MR) is 74.3 cm³/mol. The quantitative estimate of drug-likeness (QED) is 0.824. The Hall–Kier alpha value is -1.10. The van der Waals surface area contributed by atoms with Gasteiger partial charge >= 0.3 is 6.18 Å².